The molecule has 0 fully saturated rings. The Kier molecular flexibility index (Phi) is 4.14. The van der Waals surface area contributed by atoms with E-state index in [4.69, 9.17) is 10.00 Å². The van der Waals surface area contributed by atoms with Crippen molar-refractivity contribution in [1.82, 2.24) is 9.97 Å². The number of nitrogens with zero attached hydrogens (tertiary/aromatic N) is 4. The van der Waals surface area contributed by atoms with Crippen LogP contribution in [-0.4, -0.2) is 14.9 Å². The second-order valence-electron chi connectivity index (χ2n) is 4.22. The van der Waals surface area contributed by atoms with E-state index in [1.165, 1.54) is 12.1 Å². The van der Waals surface area contributed by atoms with E-state index in [0.717, 1.165) is 0 Å². The molecule has 0 saturated heterocycles. The SMILES string of the molecule is Cc1cc(C#N)nc(Oc2c(C)cc(Br)cc2[N+](=O)[O-])n1. The van der Waals surface area contributed by atoms with Gasteiger partial charge < -0.3 is 4.74 Å². The number of aromatic nitrogens is 2. The first-order chi connectivity index (χ1) is 9.90. The third-order valence-corrected chi connectivity index (χ3v) is 3.02. The number of nitro benzene ring substituents is 1. The topological polar surface area (TPSA) is 102 Å². The molecule has 0 aliphatic carbocycles. The van der Waals surface area contributed by atoms with Crippen LogP contribution in [0.2, 0.25) is 0 Å². The minimum absolute atomic E-state index is 0.0534. The average Bonchev–Trinajstić information content (AvgIpc) is 2.40. The standard InChI is InChI=1S/C13H9BrN4O3/c1-7-3-9(14)5-11(18(19)20)12(7)21-13-16-8(2)4-10(6-15)17-13/h3-5H,1-2H3. The number of halogens is 1. The van der Waals surface area contributed by atoms with Gasteiger partial charge >= 0.3 is 11.7 Å². The molecule has 2 aromatic rings. The lowest BCUT2D eigenvalue weighted by Gasteiger charge is -2.08. The van der Waals surface area contributed by atoms with Crippen LogP contribution < -0.4 is 4.74 Å². The number of hydrogen-bond acceptors (Lipinski definition) is 6. The molecule has 8 heteroatoms. The summed E-state index contributed by atoms with van der Waals surface area (Å²) in [5.41, 5.74) is 1.02. The van der Waals surface area contributed by atoms with E-state index in [-0.39, 0.29) is 23.1 Å². The van der Waals surface area contributed by atoms with Gasteiger partial charge in [0.2, 0.25) is 5.75 Å². The summed E-state index contributed by atoms with van der Waals surface area (Å²) in [7, 11) is 0. The number of hydrogen-bond donors (Lipinski definition) is 0. The molecule has 106 valence electrons. The van der Waals surface area contributed by atoms with Crippen LogP contribution >= 0.6 is 15.9 Å². The first-order valence-electron chi connectivity index (χ1n) is 5.79. The van der Waals surface area contributed by atoms with Crippen LogP contribution in [0.3, 0.4) is 0 Å². The summed E-state index contributed by atoms with van der Waals surface area (Å²) < 4.78 is 6.02. The maximum Gasteiger partial charge on any atom is 0.323 e. The summed E-state index contributed by atoms with van der Waals surface area (Å²) in [6, 6.07) is 6.30. The number of aryl methyl sites for hydroxylation is 2. The lowest BCUT2D eigenvalue weighted by Crippen LogP contribution is -2.00. The number of benzene rings is 1. The van der Waals surface area contributed by atoms with Crippen molar-refractivity contribution in [1.29, 1.82) is 5.26 Å². The van der Waals surface area contributed by atoms with E-state index in [0.29, 0.717) is 15.7 Å². The van der Waals surface area contributed by atoms with Gasteiger partial charge in [0.15, 0.2) is 0 Å². The van der Waals surface area contributed by atoms with Gasteiger partial charge in [0.1, 0.15) is 11.8 Å². The lowest BCUT2D eigenvalue weighted by molar-refractivity contribution is -0.385. The highest BCUT2D eigenvalue weighted by Gasteiger charge is 2.21. The Hall–Kier alpha value is -2.53. The van der Waals surface area contributed by atoms with E-state index in [9.17, 15) is 10.1 Å². The van der Waals surface area contributed by atoms with Crippen molar-refractivity contribution >= 4 is 21.6 Å². The number of nitriles is 1. The van der Waals surface area contributed by atoms with E-state index >= 15 is 0 Å². The van der Waals surface area contributed by atoms with Gasteiger partial charge in [0, 0.05) is 21.8 Å². The van der Waals surface area contributed by atoms with Gasteiger partial charge in [-0.05, 0) is 26.0 Å². The predicted molar refractivity (Wildman–Crippen MR) is 77.1 cm³/mol. The summed E-state index contributed by atoms with van der Waals surface area (Å²) >= 11 is 3.20. The molecule has 0 N–H and O–H groups in total. The summed E-state index contributed by atoms with van der Waals surface area (Å²) in [4.78, 5) is 18.5. The zero-order chi connectivity index (χ0) is 15.6. The lowest BCUT2D eigenvalue weighted by atomic mass is 10.2. The van der Waals surface area contributed by atoms with Gasteiger partial charge in [-0.1, -0.05) is 15.9 Å². The fraction of sp³-hybridized carbons (Fsp3) is 0.154. The summed E-state index contributed by atoms with van der Waals surface area (Å²) in [6.45, 7) is 3.35. The third-order valence-electron chi connectivity index (χ3n) is 2.56. The molecule has 0 unspecified atom stereocenters. The van der Waals surface area contributed by atoms with E-state index in [1.54, 1.807) is 19.9 Å². The van der Waals surface area contributed by atoms with E-state index in [1.807, 2.05) is 6.07 Å². The van der Waals surface area contributed by atoms with Gasteiger partial charge in [-0.15, -0.1) is 0 Å². The summed E-state index contributed by atoms with van der Waals surface area (Å²) in [6.07, 6.45) is 0. The Morgan fingerprint density at radius 3 is 2.67 bits per heavy atom. The van der Waals surface area contributed by atoms with Crippen molar-refractivity contribution < 1.29 is 9.66 Å². The number of ether oxygens (including phenoxy) is 1. The molecule has 0 aliphatic rings. The van der Waals surface area contributed by atoms with Crippen LogP contribution in [0.15, 0.2) is 22.7 Å². The van der Waals surface area contributed by atoms with Crippen LogP contribution in [0.1, 0.15) is 17.0 Å². The summed E-state index contributed by atoms with van der Waals surface area (Å²) in [5, 5.41) is 20.0. The van der Waals surface area contributed by atoms with Gasteiger partial charge in [0.05, 0.1) is 4.92 Å². The molecule has 7 nitrogen and oxygen atoms in total. The van der Waals surface area contributed by atoms with Crippen molar-refractivity contribution in [2.75, 3.05) is 0 Å². The second-order valence-corrected chi connectivity index (χ2v) is 5.13. The summed E-state index contributed by atoms with van der Waals surface area (Å²) in [5.74, 6) is 0.0534. The highest BCUT2D eigenvalue weighted by molar-refractivity contribution is 9.10. The maximum absolute atomic E-state index is 11.1. The molecule has 21 heavy (non-hydrogen) atoms. The van der Waals surface area contributed by atoms with Gasteiger partial charge in [-0.25, -0.2) is 4.98 Å². The molecule has 0 atom stereocenters. The van der Waals surface area contributed by atoms with Crippen molar-refractivity contribution in [2.45, 2.75) is 13.8 Å². The molecule has 2 rings (SSSR count). The maximum atomic E-state index is 11.1. The quantitative estimate of drug-likeness (QED) is 0.621. The van der Waals surface area contributed by atoms with Crippen LogP contribution in [0, 0.1) is 35.3 Å². The fourth-order valence-corrected chi connectivity index (χ4v) is 2.28. The molecule has 0 aliphatic heterocycles. The first-order valence-corrected chi connectivity index (χ1v) is 6.58. The Labute approximate surface area is 128 Å². The molecule has 0 radical (unpaired) electrons. The van der Waals surface area contributed by atoms with Crippen LogP contribution in [0.5, 0.6) is 11.8 Å². The molecule has 0 amide bonds. The smallest absolute Gasteiger partial charge is 0.323 e. The van der Waals surface area contributed by atoms with Gasteiger partial charge in [0.25, 0.3) is 0 Å². The van der Waals surface area contributed by atoms with Gasteiger partial charge in [-0.3, -0.25) is 10.1 Å². The highest BCUT2D eigenvalue weighted by atomic mass is 79.9. The molecule has 0 spiro atoms. The van der Waals surface area contributed by atoms with Gasteiger partial charge in [-0.2, -0.15) is 10.2 Å². The average molecular weight is 349 g/mol. The van der Waals surface area contributed by atoms with Crippen molar-refractivity contribution in [3.05, 3.63) is 49.7 Å². The highest BCUT2D eigenvalue weighted by Crippen LogP contribution is 2.36. The molecule has 0 bridgehead atoms. The third kappa shape index (κ3) is 3.32. The van der Waals surface area contributed by atoms with Crippen molar-refractivity contribution in [2.24, 2.45) is 0 Å². The Bertz CT molecular complexity index is 771. The molecular weight excluding hydrogens is 340 g/mol. The first kappa shape index (κ1) is 14.9. The largest absolute Gasteiger partial charge is 0.417 e. The molecule has 1 heterocycles. The van der Waals surface area contributed by atoms with Crippen LogP contribution in [0.25, 0.3) is 0 Å². The minimum Gasteiger partial charge on any atom is -0.417 e. The minimum atomic E-state index is -0.548. The zero-order valence-corrected chi connectivity index (χ0v) is 12.7. The number of nitro groups is 1. The normalized spacial score (nSPS) is 10.0. The van der Waals surface area contributed by atoms with Crippen LogP contribution in [-0.2, 0) is 0 Å². The molecule has 1 aromatic carbocycles. The monoisotopic (exact) mass is 348 g/mol. The Balaban J connectivity index is 2.52. The van der Waals surface area contributed by atoms with Crippen molar-refractivity contribution in [3.63, 3.8) is 0 Å². The molecule has 1 aromatic heterocycles. The predicted octanol–water partition coefficient (Wildman–Crippen LogP) is 3.43. The zero-order valence-electron chi connectivity index (χ0n) is 11.1. The van der Waals surface area contributed by atoms with Crippen molar-refractivity contribution in [3.8, 4) is 17.8 Å². The van der Waals surface area contributed by atoms with Crippen LogP contribution in [0.4, 0.5) is 5.69 Å². The number of rotatable bonds is 3. The molecule has 0 saturated carbocycles. The molecular formula is C13H9BrN4O3. The Morgan fingerprint density at radius 2 is 2.05 bits per heavy atom. The Morgan fingerprint density at radius 1 is 1.33 bits per heavy atom. The van der Waals surface area contributed by atoms with E-state index < -0.39 is 4.92 Å². The fourth-order valence-electron chi connectivity index (χ4n) is 1.72. The second kappa shape index (κ2) is 5.85. The van der Waals surface area contributed by atoms with E-state index in [2.05, 4.69) is 25.9 Å².